The average molecular weight is 536 g/mol. The van der Waals surface area contributed by atoms with Gasteiger partial charge in [0.05, 0.1) is 51.5 Å². The van der Waals surface area contributed by atoms with E-state index >= 15 is 0 Å². The maximum Gasteiger partial charge on any atom is 0.243 e. The molecule has 3 aromatic rings. The second-order valence-electron chi connectivity index (χ2n) is 7.91. The molecule has 11 heteroatoms. The quantitative estimate of drug-likeness (QED) is 0.334. The van der Waals surface area contributed by atoms with E-state index in [0.717, 1.165) is 4.70 Å². The van der Waals surface area contributed by atoms with Crippen LogP contribution in [0.5, 0.6) is 11.5 Å². The first kappa shape index (κ1) is 25.4. The van der Waals surface area contributed by atoms with Crippen LogP contribution in [-0.2, 0) is 16.0 Å². The summed E-state index contributed by atoms with van der Waals surface area (Å²) in [5, 5.41) is 3.18. The number of carbonyl (C=O) groups excluding carboxylic acids is 2. The maximum atomic E-state index is 13.4. The number of aromatic nitrogens is 2. The minimum Gasteiger partial charge on any atom is -0.495 e. The van der Waals surface area contributed by atoms with Crippen LogP contribution in [0, 0.1) is 5.92 Å². The molecule has 0 aliphatic carbocycles. The van der Waals surface area contributed by atoms with Crippen molar-refractivity contribution in [2.45, 2.75) is 18.9 Å². The zero-order valence-electron chi connectivity index (χ0n) is 19.1. The van der Waals surface area contributed by atoms with Gasteiger partial charge >= 0.3 is 0 Å². The number of hydrogen-bond acceptors (Lipinski definition) is 8. The number of amides is 1. The number of carbonyl (C=O) groups is 2. The van der Waals surface area contributed by atoms with E-state index in [1.165, 1.54) is 37.7 Å². The van der Waals surface area contributed by atoms with Crippen molar-refractivity contribution in [3.05, 3.63) is 57.3 Å². The van der Waals surface area contributed by atoms with Crippen LogP contribution in [-0.4, -0.2) is 55.1 Å². The minimum absolute atomic E-state index is 0.0201. The smallest absolute Gasteiger partial charge is 0.243 e. The number of halogens is 2. The Hall–Kier alpha value is -2.72. The van der Waals surface area contributed by atoms with E-state index in [4.69, 9.17) is 37.4 Å². The predicted molar refractivity (Wildman–Crippen MR) is 135 cm³/mol. The molecule has 1 saturated heterocycles. The lowest BCUT2D eigenvalue weighted by atomic mass is 9.92. The summed E-state index contributed by atoms with van der Waals surface area (Å²) in [7, 11) is 2.90. The molecule has 0 saturated carbocycles. The van der Waals surface area contributed by atoms with E-state index in [2.05, 4.69) is 21.9 Å². The molecular weight excluding hydrogens is 513 g/mol. The highest BCUT2D eigenvalue weighted by molar-refractivity contribution is 7.20. The number of nitrogens with one attached hydrogen (secondary N) is 1. The standard InChI is InChI=1S/C24H23Cl2N3O5S/c1-4-20(30)29-13-5-6-34-11-12(13)7-19-27-10-18-14(28-19)8-17(35-18)24(31)21-22(25)15(32-2)9-16(33-3)23(21)26/h4,8-10,12-13H,1,5-7,11H2,2-3H3,(H,29,30). The van der Waals surface area contributed by atoms with Gasteiger partial charge in [-0.05, 0) is 18.6 Å². The molecule has 2 atom stereocenters. The van der Waals surface area contributed by atoms with Gasteiger partial charge in [-0.15, -0.1) is 11.3 Å². The van der Waals surface area contributed by atoms with Crippen LogP contribution in [0.2, 0.25) is 10.0 Å². The van der Waals surface area contributed by atoms with Crippen molar-refractivity contribution < 1.29 is 23.8 Å². The molecular formula is C24H23Cl2N3O5S. The van der Waals surface area contributed by atoms with Gasteiger partial charge in [0.1, 0.15) is 17.3 Å². The summed E-state index contributed by atoms with van der Waals surface area (Å²) in [6, 6.07) is 3.17. The van der Waals surface area contributed by atoms with Crippen LogP contribution in [0.15, 0.2) is 31.0 Å². The highest BCUT2D eigenvalue weighted by Crippen LogP contribution is 2.42. The van der Waals surface area contributed by atoms with Crippen LogP contribution in [0.1, 0.15) is 27.5 Å². The number of methoxy groups -OCH3 is 2. The molecule has 4 rings (SSSR count). The molecule has 2 aromatic heterocycles. The van der Waals surface area contributed by atoms with E-state index in [1.807, 2.05) is 0 Å². The Morgan fingerprint density at radius 3 is 2.63 bits per heavy atom. The monoisotopic (exact) mass is 535 g/mol. The molecule has 0 radical (unpaired) electrons. The van der Waals surface area contributed by atoms with Crippen LogP contribution >= 0.6 is 34.5 Å². The van der Waals surface area contributed by atoms with Crippen LogP contribution in [0.25, 0.3) is 10.2 Å². The van der Waals surface area contributed by atoms with Crippen LogP contribution in [0.3, 0.4) is 0 Å². The molecule has 1 N–H and O–H groups in total. The first-order valence-electron chi connectivity index (χ1n) is 10.8. The largest absolute Gasteiger partial charge is 0.495 e. The topological polar surface area (TPSA) is 99.6 Å². The fraction of sp³-hybridized carbons (Fsp3) is 0.333. The van der Waals surface area contributed by atoms with Gasteiger partial charge in [-0.25, -0.2) is 9.97 Å². The van der Waals surface area contributed by atoms with E-state index in [9.17, 15) is 9.59 Å². The van der Waals surface area contributed by atoms with Gasteiger partial charge in [0.15, 0.2) is 0 Å². The predicted octanol–water partition coefficient (Wildman–Crippen LogP) is 4.50. The van der Waals surface area contributed by atoms with Crippen LogP contribution in [0.4, 0.5) is 0 Å². The molecule has 3 heterocycles. The number of thiophene rings is 1. The molecule has 1 aromatic carbocycles. The normalized spacial score (nSPS) is 17.7. The Kier molecular flexibility index (Phi) is 7.91. The van der Waals surface area contributed by atoms with E-state index in [-0.39, 0.29) is 50.8 Å². The Morgan fingerprint density at radius 1 is 1.26 bits per heavy atom. The summed E-state index contributed by atoms with van der Waals surface area (Å²) < 4.78 is 16.9. The molecule has 1 amide bonds. The second-order valence-corrected chi connectivity index (χ2v) is 9.75. The van der Waals surface area contributed by atoms with E-state index in [0.29, 0.717) is 42.3 Å². The fourth-order valence-electron chi connectivity index (χ4n) is 3.96. The first-order valence-corrected chi connectivity index (χ1v) is 12.3. The van der Waals surface area contributed by atoms with Gasteiger partial charge in [0.25, 0.3) is 0 Å². The summed E-state index contributed by atoms with van der Waals surface area (Å²) in [6.45, 7) is 4.58. The molecule has 1 fully saturated rings. The van der Waals surface area contributed by atoms with Gasteiger partial charge in [0.2, 0.25) is 11.7 Å². The summed E-state index contributed by atoms with van der Waals surface area (Å²) >= 11 is 14.1. The molecule has 1 aliphatic heterocycles. The van der Waals surface area contributed by atoms with Crippen molar-refractivity contribution in [2.24, 2.45) is 5.92 Å². The lowest BCUT2D eigenvalue weighted by molar-refractivity contribution is -0.118. The van der Waals surface area contributed by atoms with Crippen molar-refractivity contribution in [1.82, 2.24) is 15.3 Å². The van der Waals surface area contributed by atoms with Crippen LogP contribution < -0.4 is 14.8 Å². The summed E-state index contributed by atoms with van der Waals surface area (Å²) in [4.78, 5) is 34.7. The lowest BCUT2D eigenvalue weighted by Gasteiger charge is -2.31. The van der Waals surface area contributed by atoms with Gasteiger partial charge in [-0.2, -0.15) is 0 Å². The molecule has 1 aliphatic rings. The summed E-state index contributed by atoms with van der Waals surface area (Å²) in [5.41, 5.74) is 0.735. The number of ketones is 1. The summed E-state index contributed by atoms with van der Waals surface area (Å²) in [5.74, 6) is 0.605. The number of fused-ring (bicyclic) bond motifs is 1. The minimum atomic E-state index is -0.366. The van der Waals surface area contributed by atoms with Crippen molar-refractivity contribution >= 4 is 56.4 Å². The first-order chi connectivity index (χ1) is 16.9. The van der Waals surface area contributed by atoms with Gasteiger partial charge < -0.3 is 19.5 Å². The van der Waals surface area contributed by atoms with Crippen molar-refractivity contribution in [3.63, 3.8) is 0 Å². The lowest BCUT2D eigenvalue weighted by Crippen LogP contribution is -2.45. The third kappa shape index (κ3) is 5.28. The van der Waals surface area contributed by atoms with E-state index < -0.39 is 0 Å². The number of hydrogen-bond donors (Lipinski definition) is 1. The molecule has 0 bridgehead atoms. The molecule has 8 nitrogen and oxygen atoms in total. The fourth-order valence-corrected chi connectivity index (χ4v) is 5.55. The second kappa shape index (κ2) is 10.9. The Bertz CT molecular complexity index is 1270. The highest BCUT2D eigenvalue weighted by Gasteiger charge is 2.29. The average Bonchev–Trinajstić information content (AvgIpc) is 3.29. The van der Waals surface area contributed by atoms with Gasteiger partial charge in [-0.1, -0.05) is 29.8 Å². The van der Waals surface area contributed by atoms with Crippen molar-refractivity contribution in [3.8, 4) is 11.5 Å². The number of rotatable bonds is 8. The number of benzene rings is 1. The zero-order valence-corrected chi connectivity index (χ0v) is 21.4. The van der Waals surface area contributed by atoms with Gasteiger partial charge in [0, 0.05) is 37.3 Å². The number of ether oxygens (including phenoxy) is 3. The van der Waals surface area contributed by atoms with Gasteiger partial charge in [-0.3, -0.25) is 9.59 Å². The zero-order chi connectivity index (χ0) is 25.1. The third-order valence-corrected chi connectivity index (χ3v) is 7.59. The Morgan fingerprint density at radius 2 is 1.97 bits per heavy atom. The number of nitrogens with zero attached hydrogens (tertiary/aromatic N) is 2. The summed E-state index contributed by atoms with van der Waals surface area (Å²) in [6.07, 6.45) is 4.17. The molecule has 184 valence electrons. The van der Waals surface area contributed by atoms with Crippen molar-refractivity contribution in [1.29, 1.82) is 0 Å². The van der Waals surface area contributed by atoms with E-state index in [1.54, 1.807) is 12.3 Å². The highest BCUT2D eigenvalue weighted by atomic mass is 35.5. The Balaban J connectivity index is 1.62. The molecule has 2 unspecified atom stereocenters. The molecule has 35 heavy (non-hydrogen) atoms. The Labute approximate surface area is 216 Å². The maximum absolute atomic E-state index is 13.4. The SMILES string of the molecule is C=CC(=O)NC1CCOCC1Cc1ncc2sc(C(=O)c3c(Cl)c(OC)cc(OC)c3Cl)cc2n1. The molecule has 0 spiro atoms. The van der Waals surface area contributed by atoms with Crippen molar-refractivity contribution in [2.75, 3.05) is 27.4 Å². The third-order valence-electron chi connectivity index (χ3n) is 5.78.